The molecule has 26 heavy (non-hydrogen) atoms. The lowest BCUT2D eigenvalue weighted by molar-refractivity contribution is -0.142. The summed E-state index contributed by atoms with van der Waals surface area (Å²) in [7, 11) is 0. The molecule has 0 saturated heterocycles. The van der Waals surface area contributed by atoms with Crippen molar-refractivity contribution in [1.82, 2.24) is 5.32 Å². The number of hydrogen-bond acceptors (Lipinski definition) is 3. The smallest absolute Gasteiger partial charge is 0.124 e. The van der Waals surface area contributed by atoms with Gasteiger partial charge < -0.3 is 15.2 Å². The van der Waals surface area contributed by atoms with E-state index in [9.17, 15) is 5.11 Å². The zero-order chi connectivity index (χ0) is 17.8. The summed E-state index contributed by atoms with van der Waals surface area (Å²) in [4.78, 5) is 0. The third-order valence-electron chi connectivity index (χ3n) is 6.97. The monoisotopic (exact) mass is 351 g/mol. The Hall–Kier alpha value is -1.58. The third-order valence-corrected chi connectivity index (χ3v) is 6.97. The van der Waals surface area contributed by atoms with Crippen LogP contribution in [0.1, 0.15) is 51.0 Å². The van der Waals surface area contributed by atoms with Gasteiger partial charge >= 0.3 is 0 Å². The summed E-state index contributed by atoms with van der Waals surface area (Å²) in [5, 5.41) is 17.5. The summed E-state index contributed by atoms with van der Waals surface area (Å²) in [5.41, 5.74) is 0.949. The largest absolute Gasteiger partial charge is 0.494 e. The Morgan fingerprint density at radius 1 is 1.08 bits per heavy atom. The fourth-order valence-electron chi connectivity index (χ4n) is 6.49. The van der Waals surface area contributed by atoms with Gasteiger partial charge in [-0.15, -0.1) is 0 Å². The van der Waals surface area contributed by atoms with Gasteiger partial charge in [0.1, 0.15) is 5.75 Å². The van der Waals surface area contributed by atoms with Gasteiger partial charge in [0.15, 0.2) is 0 Å². The first-order valence-electron chi connectivity index (χ1n) is 10.2. The molecule has 0 heterocycles. The molecule has 0 aliphatic heterocycles. The number of hydrogen-bond donors (Lipinski definition) is 2. The maximum Gasteiger partial charge on any atom is 0.124 e. The molecule has 4 aliphatic rings. The third kappa shape index (κ3) is 2.73. The molecule has 138 valence electrons. The van der Waals surface area contributed by atoms with E-state index in [2.05, 4.69) is 41.7 Å². The summed E-state index contributed by atoms with van der Waals surface area (Å²) in [6.45, 7) is 3.54. The van der Waals surface area contributed by atoms with Crippen molar-refractivity contribution in [2.75, 3.05) is 6.61 Å². The Morgan fingerprint density at radius 2 is 1.85 bits per heavy atom. The van der Waals surface area contributed by atoms with Gasteiger partial charge in [-0.2, -0.15) is 0 Å². The molecule has 4 fully saturated rings. The number of rotatable bonds is 5. The molecule has 2 atom stereocenters. The molecule has 0 radical (unpaired) electrons. The van der Waals surface area contributed by atoms with Gasteiger partial charge in [-0.05, 0) is 74.1 Å². The molecule has 2 N–H and O–H groups in total. The molecule has 0 aromatic heterocycles. The molecule has 3 nitrogen and oxygen atoms in total. The standard InChI is InChI=1S/C23H29NO2/c1-2-26-21-8-7-18-5-3-4-6-19(18)20(21)14-24-22-10-16-9-17(11-22)13-23(25,12-16)15-22/h3-8,16-17,24-25H,2,9-15H2,1H3. The fourth-order valence-corrected chi connectivity index (χ4v) is 6.49. The van der Waals surface area contributed by atoms with Crippen molar-refractivity contribution in [3.8, 4) is 5.75 Å². The van der Waals surface area contributed by atoms with E-state index in [0.29, 0.717) is 18.4 Å². The Labute approximate surface area is 155 Å². The molecule has 0 spiro atoms. The Morgan fingerprint density at radius 3 is 2.58 bits per heavy atom. The van der Waals surface area contributed by atoms with Crippen LogP contribution in [0.25, 0.3) is 10.8 Å². The van der Waals surface area contributed by atoms with Crippen LogP contribution in [-0.2, 0) is 6.54 Å². The second-order valence-corrected chi connectivity index (χ2v) is 9.02. The normalized spacial score (nSPS) is 35.2. The predicted molar refractivity (Wildman–Crippen MR) is 104 cm³/mol. The number of nitrogens with one attached hydrogen (secondary N) is 1. The average molecular weight is 351 g/mol. The van der Waals surface area contributed by atoms with E-state index in [1.807, 2.05) is 6.92 Å². The zero-order valence-electron chi connectivity index (χ0n) is 15.6. The summed E-state index contributed by atoms with van der Waals surface area (Å²) < 4.78 is 5.95. The highest BCUT2D eigenvalue weighted by Crippen LogP contribution is 2.57. The second-order valence-electron chi connectivity index (χ2n) is 9.02. The molecule has 2 aromatic rings. The lowest BCUT2D eigenvalue weighted by Crippen LogP contribution is -2.64. The minimum Gasteiger partial charge on any atom is -0.494 e. The maximum absolute atomic E-state index is 11.0. The highest BCUT2D eigenvalue weighted by molar-refractivity contribution is 5.87. The van der Waals surface area contributed by atoms with Crippen LogP contribution < -0.4 is 10.1 Å². The van der Waals surface area contributed by atoms with Gasteiger partial charge in [-0.25, -0.2) is 0 Å². The topological polar surface area (TPSA) is 41.5 Å². The molecule has 4 aliphatic carbocycles. The van der Waals surface area contributed by atoms with Crippen LogP contribution in [0.5, 0.6) is 5.75 Å². The van der Waals surface area contributed by atoms with Gasteiger partial charge in [0.2, 0.25) is 0 Å². The molecular weight excluding hydrogens is 322 g/mol. The highest BCUT2D eigenvalue weighted by Gasteiger charge is 2.56. The van der Waals surface area contributed by atoms with Crippen LogP contribution in [0.15, 0.2) is 36.4 Å². The van der Waals surface area contributed by atoms with Crippen molar-refractivity contribution >= 4 is 10.8 Å². The van der Waals surface area contributed by atoms with Gasteiger partial charge in [-0.1, -0.05) is 30.3 Å². The number of fused-ring (bicyclic) bond motifs is 1. The minimum absolute atomic E-state index is 0.110. The lowest BCUT2D eigenvalue weighted by atomic mass is 9.51. The van der Waals surface area contributed by atoms with Crippen LogP contribution in [-0.4, -0.2) is 22.9 Å². The summed E-state index contributed by atoms with van der Waals surface area (Å²) >= 11 is 0. The first-order chi connectivity index (χ1) is 12.6. The van der Waals surface area contributed by atoms with Gasteiger partial charge in [0.25, 0.3) is 0 Å². The molecule has 4 bridgehead atoms. The SMILES string of the molecule is CCOc1ccc2ccccc2c1CNC12CC3CC(CC(O)(C3)C1)C2. The van der Waals surface area contributed by atoms with Crippen molar-refractivity contribution < 1.29 is 9.84 Å². The number of aliphatic hydroxyl groups is 1. The fraction of sp³-hybridized carbons (Fsp3) is 0.565. The van der Waals surface area contributed by atoms with E-state index in [0.717, 1.165) is 31.6 Å². The van der Waals surface area contributed by atoms with E-state index < -0.39 is 5.60 Å². The van der Waals surface area contributed by atoms with Crippen LogP contribution in [0.3, 0.4) is 0 Å². The second kappa shape index (κ2) is 5.97. The highest BCUT2D eigenvalue weighted by atomic mass is 16.5. The lowest BCUT2D eigenvalue weighted by Gasteiger charge is -2.60. The molecule has 2 aromatic carbocycles. The molecule has 3 heteroatoms. The van der Waals surface area contributed by atoms with E-state index in [1.165, 1.54) is 35.6 Å². The van der Waals surface area contributed by atoms with E-state index in [1.54, 1.807) is 0 Å². The number of ether oxygens (including phenoxy) is 1. The number of benzene rings is 2. The van der Waals surface area contributed by atoms with Gasteiger partial charge in [0.05, 0.1) is 12.2 Å². The first-order valence-corrected chi connectivity index (χ1v) is 10.2. The van der Waals surface area contributed by atoms with Crippen LogP contribution in [0, 0.1) is 11.8 Å². The predicted octanol–water partition coefficient (Wildman–Crippen LogP) is 4.41. The maximum atomic E-state index is 11.0. The van der Waals surface area contributed by atoms with Crippen LogP contribution in [0.2, 0.25) is 0 Å². The van der Waals surface area contributed by atoms with Crippen molar-refractivity contribution in [2.24, 2.45) is 11.8 Å². The molecule has 4 saturated carbocycles. The molecular formula is C23H29NO2. The van der Waals surface area contributed by atoms with E-state index in [-0.39, 0.29) is 5.54 Å². The first kappa shape index (κ1) is 16.6. The Bertz CT molecular complexity index is 816. The van der Waals surface area contributed by atoms with Crippen molar-refractivity contribution in [2.45, 2.75) is 63.1 Å². The summed E-state index contributed by atoms with van der Waals surface area (Å²) in [6, 6.07) is 12.8. The minimum atomic E-state index is -0.418. The quantitative estimate of drug-likeness (QED) is 0.838. The van der Waals surface area contributed by atoms with Gasteiger partial charge in [0, 0.05) is 17.6 Å². The van der Waals surface area contributed by atoms with Crippen LogP contribution >= 0.6 is 0 Å². The van der Waals surface area contributed by atoms with Gasteiger partial charge in [-0.3, -0.25) is 0 Å². The summed E-state index contributed by atoms with van der Waals surface area (Å²) in [6.07, 6.45) is 6.73. The zero-order valence-corrected chi connectivity index (χ0v) is 15.6. The molecule has 6 rings (SSSR count). The van der Waals surface area contributed by atoms with E-state index in [4.69, 9.17) is 4.74 Å². The van der Waals surface area contributed by atoms with Crippen LogP contribution in [0.4, 0.5) is 0 Å². The van der Waals surface area contributed by atoms with Crippen molar-refractivity contribution in [1.29, 1.82) is 0 Å². The Balaban J connectivity index is 1.46. The molecule has 0 amide bonds. The molecule has 2 unspecified atom stereocenters. The van der Waals surface area contributed by atoms with Crippen molar-refractivity contribution in [3.63, 3.8) is 0 Å². The average Bonchev–Trinajstić information content (AvgIpc) is 2.59. The van der Waals surface area contributed by atoms with Crippen molar-refractivity contribution in [3.05, 3.63) is 42.0 Å². The van der Waals surface area contributed by atoms with E-state index >= 15 is 0 Å². The summed E-state index contributed by atoms with van der Waals surface area (Å²) in [5.74, 6) is 2.39. The Kier molecular flexibility index (Phi) is 3.81.